The highest BCUT2D eigenvalue weighted by molar-refractivity contribution is 7.10. The number of halogens is 2. The van der Waals surface area contributed by atoms with E-state index in [9.17, 15) is 23.2 Å². The van der Waals surface area contributed by atoms with E-state index in [1.807, 2.05) is 0 Å². The summed E-state index contributed by atoms with van der Waals surface area (Å²) < 4.78 is 27.0. The summed E-state index contributed by atoms with van der Waals surface area (Å²) in [4.78, 5) is 37.7. The fraction of sp³-hybridized carbons (Fsp3) is 0.278. The third kappa shape index (κ3) is 4.30. The summed E-state index contributed by atoms with van der Waals surface area (Å²) in [6.07, 6.45) is -0.421. The molecule has 27 heavy (non-hydrogen) atoms. The maximum absolute atomic E-state index is 13.9. The Labute approximate surface area is 157 Å². The van der Waals surface area contributed by atoms with Gasteiger partial charge in [0, 0.05) is 23.9 Å². The van der Waals surface area contributed by atoms with E-state index < -0.39 is 41.4 Å². The molecule has 3 rings (SSSR count). The van der Waals surface area contributed by atoms with Crippen LogP contribution in [-0.2, 0) is 14.4 Å². The van der Waals surface area contributed by atoms with Crippen LogP contribution in [0, 0.1) is 17.6 Å². The van der Waals surface area contributed by atoms with Gasteiger partial charge < -0.3 is 15.3 Å². The highest BCUT2D eigenvalue weighted by Gasteiger charge is 2.37. The van der Waals surface area contributed by atoms with Crippen molar-refractivity contribution in [1.29, 1.82) is 0 Å². The smallest absolute Gasteiger partial charge is 0.305 e. The van der Waals surface area contributed by atoms with Gasteiger partial charge >= 0.3 is 5.97 Å². The molecular weight excluding hydrogens is 378 g/mol. The van der Waals surface area contributed by atoms with Crippen LogP contribution in [0.5, 0.6) is 0 Å². The van der Waals surface area contributed by atoms with E-state index in [0.29, 0.717) is 10.9 Å². The van der Waals surface area contributed by atoms with Crippen LogP contribution in [0.2, 0.25) is 0 Å². The molecule has 1 saturated heterocycles. The Morgan fingerprint density at radius 2 is 2.11 bits per heavy atom. The number of carboxylic acid groups (broad SMARTS) is 1. The minimum atomic E-state index is -1.06. The van der Waals surface area contributed by atoms with Crippen molar-refractivity contribution in [2.24, 2.45) is 5.92 Å². The first kappa shape index (κ1) is 19.0. The fourth-order valence-corrected chi connectivity index (χ4v) is 3.77. The Hall–Kier alpha value is -2.81. The predicted octanol–water partition coefficient (Wildman–Crippen LogP) is 2.71. The van der Waals surface area contributed by atoms with Crippen molar-refractivity contribution >= 4 is 34.8 Å². The number of amides is 2. The lowest BCUT2D eigenvalue weighted by Crippen LogP contribution is -2.36. The Morgan fingerprint density at radius 3 is 2.74 bits per heavy atom. The molecule has 1 aliphatic heterocycles. The molecule has 2 heterocycles. The molecule has 142 valence electrons. The van der Waals surface area contributed by atoms with Crippen molar-refractivity contribution in [2.45, 2.75) is 18.9 Å². The molecule has 0 radical (unpaired) electrons. The van der Waals surface area contributed by atoms with E-state index in [-0.39, 0.29) is 25.1 Å². The number of anilines is 1. The van der Waals surface area contributed by atoms with Crippen molar-refractivity contribution in [3.8, 4) is 0 Å². The number of thiophene rings is 1. The predicted molar refractivity (Wildman–Crippen MR) is 94.3 cm³/mol. The lowest BCUT2D eigenvalue weighted by molar-refractivity contribution is -0.138. The molecule has 0 aliphatic carbocycles. The summed E-state index contributed by atoms with van der Waals surface area (Å²) >= 11 is 1.32. The van der Waals surface area contributed by atoms with Crippen LogP contribution in [0.15, 0.2) is 35.7 Å². The van der Waals surface area contributed by atoms with Gasteiger partial charge in [0.25, 0.3) is 0 Å². The Kier molecular flexibility index (Phi) is 5.50. The second-order valence-electron chi connectivity index (χ2n) is 6.18. The highest BCUT2D eigenvalue weighted by atomic mass is 32.1. The number of carbonyl (C=O) groups is 3. The Bertz CT molecular complexity index is 872. The molecule has 2 amide bonds. The summed E-state index contributed by atoms with van der Waals surface area (Å²) in [5.74, 6) is -4.39. The summed E-state index contributed by atoms with van der Waals surface area (Å²) in [6, 6.07) is 5.63. The van der Waals surface area contributed by atoms with Gasteiger partial charge in [-0.1, -0.05) is 6.07 Å². The summed E-state index contributed by atoms with van der Waals surface area (Å²) in [5, 5.41) is 13.5. The molecule has 0 unspecified atom stereocenters. The number of hydrogen-bond acceptors (Lipinski definition) is 4. The third-order valence-corrected chi connectivity index (χ3v) is 5.26. The first-order chi connectivity index (χ1) is 12.8. The first-order valence-electron chi connectivity index (χ1n) is 8.16. The monoisotopic (exact) mass is 394 g/mol. The van der Waals surface area contributed by atoms with Gasteiger partial charge in [0.1, 0.15) is 11.6 Å². The zero-order valence-electron chi connectivity index (χ0n) is 14.0. The van der Waals surface area contributed by atoms with E-state index >= 15 is 0 Å². The van der Waals surface area contributed by atoms with Crippen molar-refractivity contribution in [2.75, 3.05) is 11.4 Å². The van der Waals surface area contributed by atoms with E-state index in [1.54, 1.807) is 17.5 Å². The topological polar surface area (TPSA) is 86.7 Å². The number of carboxylic acids is 1. The minimum absolute atomic E-state index is 0.0581. The summed E-state index contributed by atoms with van der Waals surface area (Å²) in [6.45, 7) is -0.0581. The van der Waals surface area contributed by atoms with Crippen LogP contribution in [0.25, 0.3) is 0 Å². The molecule has 1 aliphatic rings. The molecule has 0 bridgehead atoms. The Morgan fingerprint density at radius 1 is 1.33 bits per heavy atom. The Balaban J connectivity index is 1.72. The number of nitrogens with one attached hydrogen (secondary N) is 1. The summed E-state index contributed by atoms with van der Waals surface area (Å²) in [7, 11) is 0. The molecule has 1 fully saturated rings. The molecule has 9 heteroatoms. The van der Waals surface area contributed by atoms with Crippen LogP contribution in [-0.4, -0.2) is 29.4 Å². The second-order valence-corrected chi connectivity index (χ2v) is 7.15. The molecule has 6 nitrogen and oxygen atoms in total. The van der Waals surface area contributed by atoms with Gasteiger partial charge in [0.2, 0.25) is 11.8 Å². The standard InChI is InChI=1S/C18H16F2N2O4S/c19-11-3-4-14(12(20)7-11)22-9-10(6-16(22)23)18(26)21-13(8-17(24)25)15-2-1-5-27-15/h1-5,7,10,13H,6,8-9H2,(H,21,26)(H,24,25)/t10-,13+/m0/s1. The zero-order valence-corrected chi connectivity index (χ0v) is 14.8. The van der Waals surface area contributed by atoms with Crippen LogP contribution in [0.3, 0.4) is 0 Å². The second kappa shape index (κ2) is 7.83. The third-order valence-electron chi connectivity index (χ3n) is 4.28. The quantitative estimate of drug-likeness (QED) is 0.789. The molecule has 0 saturated carbocycles. The van der Waals surface area contributed by atoms with Gasteiger partial charge in [-0.05, 0) is 23.6 Å². The van der Waals surface area contributed by atoms with Crippen molar-refractivity contribution < 1.29 is 28.3 Å². The number of nitrogens with zero attached hydrogens (tertiary/aromatic N) is 1. The van der Waals surface area contributed by atoms with Crippen LogP contribution in [0.1, 0.15) is 23.8 Å². The average Bonchev–Trinajstić information content (AvgIpc) is 3.24. The molecule has 2 aromatic rings. The van der Waals surface area contributed by atoms with Gasteiger partial charge in [-0.2, -0.15) is 0 Å². The van der Waals surface area contributed by atoms with Crippen molar-refractivity contribution in [3.05, 3.63) is 52.2 Å². The zero-order chi connectivity index (χ0) is 19.6. The van der Waals surface area contributed by atoms with Gasteiger partial charge in [-0.25, -0.2) is 8.78 Å². The lowest BCUT2D eigenvalue weighted by atomic mass is 10.1. The van der Waals surface area contributed by atoms with E-state index in [4.69, 9.17) is 5.11 Å². The normalized spacial score (nSPS) is 17.8. The van der Waals surface area contributed by atoms with Gasteiger partial charge in [-0.15, -0.1) is 11.3 Å². The first-order valence-corrected chi connectivity index (χ1v) is 9.04. The molecule has 1 aromatic carbocycles. The molecule has 1 aromatic heterocycles. The van der Waals surface area contributed by atoms with Crippen molar-refractivity contribution in [1.82, 2.24) is 5.32 Å². The SMILES string of the molecule is O=C(O)C[C@@H](NC(=O)[C@H]1CC(=O)N(c2ccc(F)cc2F)C1)c1cccs1. The lowest BCUT2D eigenvalue weighted by Gasteiger charge is -2.19. The average molecular weight is 394 g/mol. The minimum Gasteiger partial charge on any atom is -0.481 e. The van der Waals surface area contributed by atoms with Crippen LogP contribution < -0.4 is 10.2 Å². The summed E-state index contributed by atoms with van der Waals surface area (Å²) in [5.41, 5.74) is -0.0861. The van der Waals surface area contributed by atoms with E-state index in [0.717, 1.165) is 17.0 Å². The van der Waals surface area contributed by atoms with Gasteiger partial charge in [0.15, 0.2) is 0 Å². The maximum Gasteiger partial charge on any atom is 0.305 e. The number of benzene rings is 1. The number of hydrogen-bond donors (Lipinski definition) is 2. The largest absolute Gasteiger partial charge is 0.481 e. The van der Waals surface area contributed by atoms with Gasteiger partial charge in [0.05, 0.1) is 24.1 Å². The molecule has 2 atom stereocenters. The fourth-order valence-electron chi connectivity index (χ4n) is 2.99. The number of rotatable bonds is 6. The number of aliphatic carboxylic acids is 1. The van der Waals surface area contributed by atoms with E-state index in [2.05, 4.69) is 5.32 Å². The van der Waals surface area contributed by atoms with Crippen LogP contribution >= 0.6 is 11.3 Å². The molecule has 2 N–H and O–H groups in total. The van der Waals surface area contributed by atoms with Crippen LogP contribution in [0.4, 0.5) is 14.5 Å². The molecular formula is C18H16F2N2O4S. The highest BCUT2D eigenvalue weighted by Crippen LogP contribution is 2.29. The maximum atomic E-state index is 13.9. The van der Waals surface area contributed by atoms with Gasteiger partial charge in [-0.3, -0.25) is 14.4 Å². The number of carbonyl (C=O) groups excluding carboxylic acids is 2. The molecule has 0 spiro atoms. The van der Waals surface area contributed by atoms with Crippen molar-refractivity contribution in [3.63, 3.8) is 0 Å². The van der Waals surface area contributed by atoms with E-state index in [1.165, 1.54) is 11.3 Å².